The smallest absolute Gasteiger partial charge is 0.248 e. The molecule has 0 unspecified atom stereocenters. The lowest BCUT2D eigenvalue weighted by atomic mass is 10.1. The molecular weight excluding hydrogens is 355 g/mol. The van der Waals surface area contributed by atoms with E-state index in [1.54, 1.807) is 6.92 Å². The van der Waals surface area contributed by atoms with Crippen LogP contribution in [0.3, 0.4) is 0 Å². The van der Waals surface area contributed by atoms with Crippen LogP contribution in [0.2, 0.25) is 0 Å². The van der Waals surface area contributed by atoms with Crippen molar-refractivity contribution in [3.63, 3.8) is 0 Å². The van der Waals surface area contributed by atoms with Crippen molar-refractivity contribution >= 4 is 27.3 Å². The zero-order valence-corrected chi connectivity index (χ0v) is 16.1. The Morgan fingerprint density at radius 1 is 1.15 bits per heavy atom. The molecule has 7 heteroatoms. The highest BCUT2D eigenvalue weighted by Crippen LogP contribution is 2.24. The second-order valence-electron chi connectivity index (χ2n) is 6.27. The molecule has 5 nitrogen and oxygen atoms in total. The Balaban J connectivity index is 2.39. The number of nitrogens with zero attached hydrogens (tertiary/aromatic N) is 1. The fourth-order valence-electron chi connectivity index (χ4n) is 2.73. The van der Waals surface area contributed by atoms with Gasteiger partial charge in [0.2, 0.25) is 15.9 Å². The van der Waals surface area contributed by atoms with Crippen LogP contribution < -0.4 is 9.62 Å². The summed E-state index contributed by atoms with van der Waals surface area (Å²) < 4.78 is 38.9. The van der Waals surface area contributed by atoms with Gasteiger partial charge in [0, 0.05) is 5.69 Å². The maximum atomic E-state index is 13.2. The van der Waals surface area contributed by atoms with Gasteiger partial charge in [0.15, 0.2) is 0 Å². The Bertz CT molecular complexity index is 896. The Kier molecular flexibility index (Phi) is 6.02. The number of aryl methyl sites for hydroxylation is 2. The van der Waals surface area contributed by atoms with Gasteiger partial charge in [-0.15, -0.1) is 0 Å². The van der Waals surface area contributed by atoms with Crippen molar-refractivity contribution in [2.24, 2.45) is 0 Å². The summed E-state index contributed by atoms with van der Waals surface area (Å²) in [6, 6.07) is 9.75. The maximum absolute atomic E-state index is 13.2. The summed E-state index contributed by atoms with van der Waals surface area (Å²) in [7, 11) is -3.75. The number of amides is 1. The first-order valence-corrected chi connectivity index (χ1v) is 10.1. The molecule has 1 atom stereocenters. The minimum absolute atomic E-state index is 0.247. The molecule has 0 radical (unpaired) electrons. The summed E-state index contributed by atoms with van der Waals surface area (Å²) in [5, 5.41) is 2.82. The number of nitrogens with one attached hydrogen (secondary N) is 1. The molecule has 1 N–H and O–H groups in total. The molecule has 0 bridgehead atoms. The van der Waals surface area contributed by atoms with Crippen LogP contribution in [0.25, 0.3) is 0 Å². The summed E-state index contributed by atoms with van der Waals surface area (Å²) in [5.41, 5.74) is 2.75. The van der Waals surface area contributed by atoms with Crippen molar-refractivity contribution in [1.29, 1.82) is 0 Å². The van der Waals surface area contributed by atoms with E-state index in [2.05, 4.69) is 5.32 Å². The van der Waals surface area contributed by atoms with Crippen molar-refractivity contribution in [3.8, 4) is 0 Å². The Hall–Kier alpha value is -2.41. The van der Waals surface area contributed by atoms with Crippen molar-refractivity contribution in [2.75, 3.05) is 15.9 Å². The topological polar surface area (TPSA) is 66.5 Å². The Morgan fingerprint density at radius 2 is 1.77 bits per heavy atom. The molecule has 0 saturated heterocycles. The fraction of sp³-hybridized carbons (Fsp3) is 0.316. The van der Waals surface area contributed by atoms with Crippen molar-refractivity contribution in [2.45, 2.75) is 33.2 Å². The van der Waals surface area contributed by atoms with E-state index in [1.165, 1.54) is 24.3 Å². The zero-order valence-electron chi connectivity index (χ0n) is 15.3. The minimum atomic E-state index is -3.75. The quantitative estimate of drug-likeness (QED) is 0.835. The van der Waals surface area contributed by atoms with Gasteiger partial charge in [-0.05, 0) is 61.7 Å². The summed E-state index contributed by atoms with van der Waals surface area (Å²) in [6.07, 6.45) is 1.30. The largest absolute Gasteiger partial charge is 0.324 e. The van der Waals surface area contributed by atoms with Gasteiger partial charge in [0.1, 0.15) is 11.9 Å². The molecule has 2 rings (SSSR count). The Morgan fingerprint density at radius 3 is 2.31 bits per heavy atom. The fourth-order valence-corrected chi connectivity index (χ4v) is 3.95. The van der Waals surface area contributed by atoms with Crippen LogP contribution >= 0.6 is 0 Å². The summed E-state index contributed by atoms with van der Waals surface area (Å²) in [6.45, 7) is 5.51. The normalized spacial score (nSPS) is 12.5. The third-order valence-electron chi connectivity index (χ3n) is 4.06. The van der Waals surface area contributed by atoms with Gasteiger partial charge in [-0.25, -0.2) is 12.8 Å². The first kappa shape index (κ1) is 19.9. The van der Waals surface area contributed by atoms with E-state index in [1.807, 2.05) is 32.0 Å². The Labute approximate surface area is 153 Å². The van der Waals surface area contributed by atoms with Crippen molar-refractivity contribution < 1.29 is 17.6 Å². The number of carbonyl (C=O) groups excluding carboxylic acids is 1. The third kappa shape index (κ3) is 4.60. The lowest BCUT2D eigenvalue weighted by Gasteiger charge is -2.30. The molecular formula is C19H23FN2O3S. The number of halogens is 1. The standard InChI is InChI=1S/C19H23FN2O3S/c1-5-18(19(23)21-17-12-13(2)6-7-14(17)3)22(26(4,24)25)16-10-8-15(20)9-11-16/h6-12,18H,5H2,1-4H3,(H,21,23)/t18-/m0/s1. The predicted octanol–water partition coefficient (Wildman–Crippen LogP) is 3.63. The van der Waals surface area contributed by atoms with Crippen LogP contribution in [-0.2, 0) is 14.8 Å². The van der Waals surface area contributed by atoms with Crippen LogP contribution in [0.1, 0.15) is 24.5 Å². The van der Waals surface area contributed by atoms with Crippen molar-refractivity contribution in [1.82, 2.24) is 0 Å². The predicted molar refractivity (Wildman–Crippen MR) is 102 cm³/mol. The SMILES string of the molecule is CC[C@@H](C(=O)Nc1cc(C)ccc1C)N(c1ccc(F)cc1)S(C)(=O)=O. The van der Waals surface area contributed by atoms with E-state index in [4.69, 9.17) is 0 Å². The lowest BCUT2D eigenvalue weighted by molar-refractivity contribution is -0.117. The molecule has 140 valence electrons. The van der Waals surface area contributed by atoms with Gasteiger partial charge in [-0.3, -0.25) is 9.10 Å². The molecule has 26 heavy (non-hydrogen) atoms. The van der Waals surface area contributed by atoms with E-state index in [0.29, 0.717) is 5.69 Å². The van der Waals surface area contributed by atoms with Gasteiger partial charge in [-0.1, -0.05) is 19.1 Å². The highest BCUT2D eigenvalue weighted by molar-refractivity contribution is 7.92. The molecule has 0 aliphatic heterocycles. The second kappa shape index (κ2) is 7.86. The first-order chi connectivity index (χ1) is 12.1. The molecule has 1 amide bonds. The van der Waals surface area contributed by atoms with Crippen LogP contribution in [0, 0.1) is 19.7 Å². The average molecular weight is 378 g/mol. The zero-order chi connectivity index (χ0) is 19.5. The highest BCUT2D eigenvalue weighted by Gasteiger charge is 2.31. The molecule has 0 fully saturated rings. The molecule has 2 aromatic carbocycles. The van der Waals surface area contributed by atoms with Crippen LogP contribution in [0.15, 0.2) is 42.5 Å². The van der Waals surface area contributed by atoms with Crippen molar-refractivity contribution in [3.05, 3.63) is 59.4 Å². The monoisotopic (exact) mass is 378 g/mol. The molecule has 0 saturated carbocycles. The molecule has 2 aromatic rings. The molecule has 0 spiro atoms. The van der Waals surface area contributed by atoms with Gasteiger partial charge in [0.05, 0.1) is 11.9 Å². The molecule has 0 aliphatic rings. The number of rotatable bonds is 6. The van der Waals surface area contributed by atoms with E-state index < -0.39 is 27.8 Å². The van der Waals surface area contributed by atoms with E-state index >= 15 is 0 Å². The number of carbonyl (C=O) groups is 1. The highest BCUT2D eigenvalue weighted by atomic mass is 32.2. The van der Waals surface area contributed by atoms with Gasteiger partial charge in [-0.2, -0.15) is 0 Å². The molecule has 0 heterocycles. The molecule has 0 aromatic heterocycles. The summed E-state index contributed by atoms with van der Waals surface area (Å²) in [5.74, 6) is -0.911. The van der Waals surface area contributed by atoms with Crippen LogP contribution in [-0.4, -0.2) is 26.6 Å². The lowest BCUT2D eigenvalue weighted by Crippen LogP contribution is -2.47. The van der Waals surface area contributed by atoms with Gasteiger partial charge < -0.3 is 5.32 Å². The number of hydrogen-bond acceptors (Lipinski definition) is 3. The number of hydrogen-bond donors (Lipinski definition) is 1. The van der Waals surface area contributed by atoms with Gasteiger partial charge in [0.25, 0.3) is 0 Å². The van der Waals surface area contributed by atoms with E-state index in [0.717, 1.165) is 21.7 Å². The third-order valence-corrected chi connectivity index (χ3v) is 5.24. The summed E-state index contributed by atoms with van der Waals surface area (Å²) in [4.78, 5) is 12.8. The average Bonchev–Trinajstić information content (AvgIpc) is 2.56. The van der Waals surface area contributed by atoms with E-state index in [9.17, 15) is 17.6 Å². The van der Waals surface area contributed by atoms with Crippen LogP contribution in [0.4, 0.5) is 15.8 Å². The maximum Gasteiger partial charge on any atom is 0.248 e. The number of sulfonamides is 1. The minimum Gasteiger partial charge on any atom is -0.324 e. The first-order valence-electron chi connectivity index (χ1n) is 8.26. The van der Waals surface area contributed by atoms with E-state index in [-0.39, 0.29) is 12.1 Å². The number of anilines is 2. The summed E-state index contributed by atoms with van der Waals surface area (Å²) >= 11 is 0. The van der Waals surface area contributed by atoms with Gasteiger partial charge >= 0.3 is 0 Å². The second-order valence-corrected chi connectivity index (χ2v) is 8.13. The number of benzene rings is 2. The molecule has 0 aliphatic carbocycles. The van der Waals surface area contributed by atoms with Crippen LogP contribution in [0.5, 0.6) is 0 Å².